The van der Waals surface area contributed by atoms with E-state index in [2.05, 4.69) is 44.9 Å². The van der Waals surface area contributed by atoms with Gasteiger partial charge in [0.15, 0.2) is 0 Å². The fraction of sp³-hybridized carbons (Fsp3) is 0.154. The number of rotatable bonds is 8. The maximum atomic E-state index is 12.9. The van der Waals surface area contributed by atoms with Crippen LogP contribution in [0.4, 0.5) is 15.9 Å². The maximum absolute atomic E-state index is 12.9. The SMILES string of the molecule is Clc1nccc(NCCc2ccccc2)n1.Fc1cccc(NCCc2ccccc2)c1. The van der Waals surface area contributed by atoms with E-state index in [1.807, 2.05) is 42.5 Å². The lowest BCUT2D eigenvalue weighted by atomic mass is 10.1. The van der Waals surface area contributed by atoms with Crippen molar-refractivity contribution < 1.29 is 4.39 Å². The Bertz CT molecular complexity index is 974. The van der Waals surface area contributed by atoms with Crippen LogP contribution in [-0.2, 0) is 12.8 Å². The number of benzene rings is 3. The number of nitrogens with zero attached hydrogens (tertiary/aromatic N) is 2. The minimum Gasteiger partial charge on any atom is -0.385 e. The summed E-state index contributed by atoms with van der Waals surface area (Å²) >= 11 is 5.68. The highest BCUT2D eigenvalue weighted by Crippen LogP contribution is 2.09. The van der Waals surface area contributed by atoms with Crippen molar-refractivity contribution in [1.29, 1.82) is 0 Å². The molecule has 4 nitrogen and oxygen atoms in total. The van der Waals surface area contributed by atoms with E-state index in [4.69, 9.17) is 11.6 Å². The van der Waals surface area contributed by atoms with Crippen molar-refractivity contribution >= 4 is 23.1 Å². The molecule has 4 aromatic rings. The first kappa shape index (κ1) is 23.2. The topological polar surface area (TPSA) is 49.8 Å². The van der Waals surface area contributed by atoms with Gasteiger partial charge in [0.25, 0.3) is 0 Å². The minimum absolute atomic E-state index is 0.204. The van der Waals surface area contributed by atoms with Crippen LogP contribution < -0.4 is 10.6 Å². The first-order chi connectivity index (χ1) is 15.7. The van der Waals surface area contributed by atoms with Gasteiger partial charge in [0.2, 0.25) is 5.28 Å². The van der Waals surface area contributed by atoms with Crippen LogP contribution in [-0.4, -0.2) is 23.1 Å². The van der Waals surface area contributed by atoms with E-state index in [0.29, 0.717) is 0 Å². The van der Waals surface area contributed by atoms with E-state index < -0.39 is 0 Å². The third-order valence-corrected chi connectivity index (χ3v) is 4.78. The zero-order valence-corrected chi connectivity index (χ0v) is 18.5. The Kier molecular flexibility index (Phi) is 9.49. The Balaban J connectivity index is 0.000000181. The van der Waals surface area contributed by atoms with Gasteiger partial charge in [-0.3, -0.25) is 0 Å². The summed E-state index contributed by atoms with van der Waals surface area (Å²) in [6.45, 7) is 1.64. The van der Waals surface area contributed by atoms with Gasteiger partial charge in [-0.05, 0) is 59.8 Å². The van der Waals surface area contributed by atoms with Gasteiger partial charge in [-0.1, -0.05) is 66.7 Å². The van der Waals surface area contributed by atoms with Crippen LogP contribution >= 0.6 is 11.6 Å². The molecule has 164 valence electrons. The summed E-state index contributed by atoms with van der Waals surface area (Å²) in [4.78, 5) is 7.87. The van der Waals surface area contributed by atoms with Gasteiger partial charge in [0.1, 0.15) is 11.6 Å². The molecule has 0 spiro atoms. The average molecular weight is 449 g/mol. The summed E-state index contributed by atoms with van der Waals surface area (Å²) < 4.78 is 12.9. The molecule has 0 aliphatic carbocycles. The predicted molar refractivity (Wildman–Crippen MR) is 131 cm³/mol. The Hall–Kier alpha value is -3.44. The summed E-state index contributed by atoms with van der Waals surface area (Å²) in [5.41, 5.74) is 3.41. The van der Waals surface area contributed by atoms with Crippen LogP contribution in [0.15, 0.2) is 97.2 Å². The third kappa shape index (κ3) is 8.74. The lowest BCUT2D eigenvalue weighted by molar-refractivity contribution is 0.628. The highest BCUT2D eigenvalue weighted by Gasteiger charge is 1.96. The summed E-state index contributed by atoms with van der Waals surface area (Å²) in [6, 6.07) is 28.9. The number of nitrogens with one attached hydrogen (secondary N) is 2. The first-order valence-electron chi connectivity index (χ1n) is 10.5. The molecular weight excluding hydrogens is 423 g/mol. The van der Waals surface area contributed by atoms with Gasteiger partial charge < -0.3 is 10.6 Å². The number of halogens is 2. The van der Waals surface area contributed by atoms with Crippen LogP contribution in [0.5, 0.6) is 0 Å². The lowest BCUT2D eigenvalue weighted by Gasteiger charge is -2.06. The molecule has 1 aromatic heterocycles. The van der Waals surface area contributed by atoms with Crippen LogP contribution in [0.3, 0.4) is 0 Å². The zero-order valence-electron chi connectivity index (χ0n) is 17.7. The Morgan fingerprint density at radius 1 is 0.719 bits per heavy atom. The highest BCUT2D eigenvalue weighted by molar-refractivity contribution is 6.28. The monoisotopic (exact) mass is 448 g/mol. The second kappa shape index (κ2) is 13.1. The Morgan fingerprint density at radius 3 is 1.94 bits per heavy atom. The summed E-state index contributed by atoms with van der Waals surface area (Å²) in [6.07, 6.45) is 3.54. The largest absolute Gasteiger partial charge is 0.385 e. The van der Waals surface area contributed by atoms with Crippen molar-refractivity contribution in [3.63, 3.8) is 0 Å². The molecular formula is C26H26ClFN4. The number of hydrogen-bond donors (Lipinski definition) is 2. The molecule has 2 N–H and O–H groups in total. The van der Waals surface area contributed by atoms with E-state index >= 15 is 0 Å². The number of aromatic nitrogens is 2. The molecule has 6 heteroatoms. The smallest absolute Gasteiger partial charge is 0.224 e. The molecule has 1 heterocycles. The second-order valence-corrected chi connectivity index (χ2v) is 7.38. The Labute approximate surface area is 193 Å². The molecule has 0 amide bonds. The van der Waals surface area contributed by atoms with Gasteiger partial charge in [-0.15, -0.1) is 0 Å². The molecule has 3 aromatic carbocycles. The van der Waals surface area contributed by atoms with Gasteiger partial charge in [0.05, 0.1) is 0 Å². The van der Waals surface area contributed by atoms with Gasteiger partial charge in [-0.25, -0.2) is 14.4 Å². The van der Waals surface area contributed by atoms with Gasteiger partial charge in [0, 0.05) is 25.0 Å². The van der Waals surface area contributed by atoms with Crippen LogP contribution in [0.1, 0.15) is 11.1 Å². The Morgan fingerprint density at radius 2 is 1.34 bits per heavy atom. The molecule has 0 fully saturated rings. The van der Waals surface area contributed by atoms with Crippen molar-refractivity contribution in [2.24, 2.45) is 0 Å². The van der Waals surface area contributed by atoms with Crippen LogP contribution in [0, 0.1) is 5.82 Å². The molecule has 0 radical (unpaired) electrons. The molecule has 4 rings (SSSR count). The van der Waals surface area contributed by atoms with Crippen molar-refractivity contribution in [3.8, 4) is 0 Å². The molecule has 32 heavy (non-hydrogen) atoms. The summed E-state index contributed by atoms with van der Waals surface area (Å²) in [5, 5.41) is 6.66. The molecule has 0 saturated carbocycles. The molecule has 0 unspecified atom stereocenters. The predicted octanol–water partition coefficient (Wildman–Crippen LogP) is 6.26. The van der Waals surface area contributed by atoms with Gasteiger partial charge in [-0.2, -0.15) is 0 Å². The molecule has 0 aliphatic heterocycles. The van der Waals surface area contributed by atoms with Gasteiger partial charge >= 0.3 is 0 Å². The van der Waals surface area contributed by atoms with Crippen molar-refractivity contribution in [3.05, 3.63) is 119 Å². The lowest BCUT2D eigenvalue weighted by Crippen LogP contribution is -2.06. The second-order valence-electron chi connectivity index (χ2n) is 7.05. The quantitative estimate of drug-likeness (QED) is 0.312. The maximum Gasteiger partial charge on any atom is 0.224 e. The normalized spacial score (nSPS) is 10.1. The zero-order chi connectivity index (χ0) is 22.4. The van der Waals surface area contributed by atoms with E-state index in [-0.39, 0.29) is 11.1 Å². The third-order valence-electron chi connectivity index (χ3n) is 4.60. The minimum atomic E-state index is -0.204. The summed E-state index contributed by atoms with van der Waals surface area (Å²) in [5.74, 6) is 0.556. The fourth-order valence-electron chi connectivity index (χ4n) is 3.01. The molecule has 0 atom stereocenters. The summed E-state index contributed by atoms with van der Waals surface area (Å²) in [7, 11) is 0. The average Bonchev–Trinajstić information content (AvgIpc) is 2.81. The number of hydrogen-bond acceptors (Lipinski definition) is 4. The number of anilines is 2. The fourth-order valence-corrected chi connectivity index (χ4v) is 3.15. The highest BCUT2D eigenvalue weighted by atomic mass is 35.5. The van der Waals surface area contributed by atoms with Crippen molar-refractivity contribution in [2.45, 2.75) is 12.8 Å². The van der Waals surface area contributed by atoms with Crippen molar-refractivity contribution in [2.75, 3.05) is 23.7 Å². The van der Waals surface area contributed by atoms with E-state index in [1.165, 1.54) is 23.3 Å². The van der Waals surface area contributed by atoms with Crippen molar-refractivity contribution in [1.82, 2.24) is 9.97 Å². The standard InChI is InChI=1S/C14H14FN.C12H12ClN3/c15-13-7-4-8-14(11-13)16-10-9-12-5-2-1-3-6-12;13-12-15-9-7-11(16-12)14-8-6-10-4-2-1-3-5-10/h1-8,11,16H,9-10H2;1-5,7,9H,6,8H2,(H,14,15,16). The van der Waals surface area contributed by atoms with E-state index in [1.54, 1.807) is 18.3 Å². The first-order valence-corrected chi connectivity index (χ1v) is 10.9. The molecule has 0 saturated heterocycles. The van der Waals surface area contributed by atoms with E-state index in [0.717, 1.165) is 37.4 Å². The van der Waals surface area contributed by atoms with Crippen LogP contribution in [0.2, 0.25) is 5.28 Å². The molecule has 0 aliphatic rings. The van der Waals surface area contributed by atoms with E-state index in [9.17, 15) is 4.39 Å². The van der Waals surface area contributed by atoms with Crippen LogP contribution in [0.25, 0.3) is 0 Å². The molecule has 0 bridgehead atoms.